The minimum Gasteiger partial charge on any atom is -0.457 e. The van der Waals surface area contributed by atoms with Gasteiger partial charge >= 0.3 is 0 Å². The Morgan fingerprint density at radius 1 is 1.00 bits per heavy atom. The van der Waals surface area contributed by atoms with E-state index < -0.39 is 0 Å². The van der Waals surface area contributed by atoms with Crippen LogP contribution in [0.4, 0.5) is 11.4 Å². The molecule has 0 aliphatic carbocycles. The van der Waals surface area contributed by atoms with Gasteiger partial charge in [-0.05, 0) is 61.5 Å². The molecule has 28 heavy (non-hydrogen) atoms. The molecule has 6 heteroatoms. The van der Waals surface area contributed by atoms with Gasteiger partial charge in [0.25, 0.3) is 5.91 Å². The van der Waals surface area contributed by atoms with Crippen molar-refractivity contribution in [2.45, 2.75) is 17.1 Å². The van der Waals surface area contributed by atoms with Crippen molar-refractivity contribution in [2.24, 2.45) is 0 Å². The zero-order valence-electron chi connectivity index (χ0n) is 15.1. The molecule has 140 valence electrons. The molecular formula is C22H18N2O3S. The summed E-state index contributed by atoms with van der Waals surface area (Å²) in [6.45, 7) is 1.86. The second-order valence-electron chi connectivity index (χ2n) is 6.35. The minimum absolute atomic E-state index is 0.0518. The van der Waals surface area contributed by atoms with Crippen molar-refractivity contribution in [1.29, 1.82) is 0 Å². The van der Waals surface area contributed by atoms with Crippen molar-refractivity contribution >= 4 is 35.0 Å². The van der Waals surface area contributed by atoms with E-state index in [2.05, 4.69) is 10.6 Å². The molecule has 0 saturated heterocycles. The standard InChI is InChI=1S/C22H18N2O3S/c1-14-21(25)24-19-13-15(7-12-20(19)28-14)22(26)23-16-8-10-18(11-9-16)27-17-5-3-2-4-6-17/h2-14H,1H3,(H,23,26)(H,24,25)/t14-/m1/s1. The summed E-state index contributed by atoms with van der Waals surface area (Å²) in [6.07, 6.45) is 0. The Morgan fingerprint density at radius 2 is 1.71 bits per heavy atom. The molecule has 4 rings (SSSR count). The van der Waals surface area contributed by atoms with Crippen LogP contribution in [-0.4, -0.2) is 17.1 Å². The summed E-state index contributed by atoms with van der Waals surface area (Å²) < 4.78 is 5.75. The topological polar surface area (TPSA) is 67.4 Å². The zero-order chi connectivity index (χ0) is 19.5. The molecule has 1 atom stereocenters. The zero-order valence-corrected chi connectivity index (χ0v) is 16.0. The molecule has 1 heterocycles. The van der Waals surface area contributed by atoms with Crippen molar-refractivity contribution in [3.05, 3.63) is 78.4 Å². The molecule has 0 saturated carbocycles. The lowest BCUT2D eigenvalue weighted by Gasteiger charge is -2.21. The van der Waals surface area contributed by atoms with E-state index in [1.54, 1.807) is 36.4 Å². The molecule has 2 N–H and O–H groups in total. The van der Waals surface area contributed by atoms with Crippen LogP contribution in [0.2, 0.25) is 0 Å². The smallest absolute Gasteiger partial charge is 0.255 e. The van der Waals surface area contributed by atoms with Crippen molar-refractivity contribution < 1.29 is 14.3 Å². The summed E-state index contributed by atoms with van der Waals surface area (Å²) in [4.78, 5) is 25.4. The first-order chi connectivity index (χ1) is 13.6. The van der Waals surface area contributed by atoms with E-state index in [4.69, 9.17) is 4.74 Å². The lowest BCUT2D eigenvalue weighted by molar-refractivity contribution is -0.115. The van der Waals surface area contributed by atoms with Gasteiger partial charge in [-0.1, -0.05) is 18.2 Å². The molecule has 1 aliphatic heterocycles. The predicted octanol–water partition coefficient (Wildman–Crippen LogP) is 5.16. The Morgan fingerprint density at radius 3 is 2.46 bits per heavy atom. The number of amides is 2. The third-order valence-electron chi connectivity index (χ3n) is 4.26. The average Bonchev–Trinajstić information content (AvgIpc) is 2.71. The summed E-state index contributed by atoms with van der Waals surface area (Å²) in [7, 11) is 0. The number of benzene rings is 3. The van der Waals surface area contributed by atoms with E-state index >= 15 is 0 Å². The van der Waals surface area contributed by atoms with Gasteiger partial charge in [0, 0.05) is 16.1 Å². The van der Waals surface area contributed by atoms with Crippen LogP contribution in [0.3, 0.4) is 0 Å². The van der Waals surface area contributed by atoms with Crippen LogP contribution in [0.1, 0.15) is 17.3 Å². The number of carbonyl (C=O) groups is 2. The SMILES string of the molecule is C[C@H]1Sc2ccc(C(=O)Nc3ccc(Oc4ccccc4)cc3)cc2NC1=O. The number of thioether (sulfide) groups is 1. The number of fused-ring (bicyclic) bond motifs is 1. The fraction of sp³-hybridized carbons (Fsp3) is 0.0909. The predicted molar refractivity (Wildman–Crippen MR) is 111 cm³/mol. The van der Waals surface area contributed by atoms with E-state index in [-0.39, 0.29) is 17.1 Å². The number of anilines is 2. The molecule has 3 aromatic rings. The Bertz CT molecular complexity index is 1020. The molecule has 0 radical (unpaired) electrons. The van der Waals surface area contributed by atoms with Gasteiger partial charge in [0.1, 0.15) is 11.5 Å². The fourth-order valence-corrected chi connectivity index (χ4v) is 3.71. The maximum absolute atomic E-state index is 12.6. The molecular weight excluding hydrogens is 372 g/mol. The van der Waals surface area contributed by atoms with Gasteiger partial charge in [0.2, 0.25) is 5.91 Å². The quantitative estimate of drug-likeness (QED) is 0.645. The lowest BCUT2D eigenvalue weighted by atomic mass is 10.1. The van der Waals surface area contributed by atoms with Gasteiger partial charge in [0.05, 0.1) is 10.9 Å². The maximum atomic E-state index is 12.6. The van der Waals surface area contributed by atoms with Crippen molar-refractivity contribution in [1.82, 2.24) is 0 Å². The Labute approximate surface area is 167 Å². The number of hydrogen-bond acceptors (Lipinski definition) is 4. The van der Waals surface area contributed by atoms with Gasteiger partial charge < -0.3 is 15.4 Å². The first kappa shape index (κ1) is 18.1. The van der Waals surface area contributed by atoms with Crippen LogP contribution >= 0.6 is 11.8 Å². The summed E-state index contributed by atoms with van der Waals surface area (Å²) in [6, 6.07) is 22.0. The first-order valence-corrected chi connectivity index (χ1v) is 9.72. The molecule has 0 aromatic heterocycles. The number of nitrogens with one attached hydrogen (secondary N) is 2. The third-order valence-corrected chi connectivity index (χ3v) is 5.44. The van der Waals surface area contributed by atoms with Crippen LogP contribution in [-0.2, 0) is 4.79 Å². The fourth-order valence-electron chi connectivity index (χ4n) is 2.78. The van der Waals surface area contributed by atoms with E-state index in [0.717, 1.165) is 10.6 Å². The Kier molecular flexibility index (Phi) is 5.04. The first-order valence-electron chi connectivity index (χ1n) is 8.84. The highest BCUT2D eigenvalue weighted by molar-refractivity contribution is 8.00. The molecule has 0 bridgehead atoms. The van der Waals surface area contributed by atoms with Crippen molar-refractivity contribution in [2.75, 3.05) is 10.6 Å². The van der Waals surface area contributed by atoms with Crippen molar-refractivity contribution in [3.8, 4) is 11.5 Å². The highest BCUT2D eigenvalue weighted by Crippen LogP contribution is 2.36. The number of para-hydroxylation sites is 1. The largest absolute Gasteiger partial charge is 0.457 e. The molecule has 0 spiro atoms. The van der Waals surface area contributed by atoms with Gasteiger partial charge in [-0.15, -0.1) is 11.8 Å². The Balaban J connectivity index is 1.44. The summed E-state index contributed by atoms with van der Waals surface area (Å²) in [5, 5.41) is 5.57. The molecule has 0 unspecified atom stereocenters. The van der Waals surface area contributed by atoms with E-state index in [1.165, 1.54) is 11.8 Å². The number of ether oxygens (including phenoxy) is 1. The van der Waals surface area contributed by atoms with Crippen molar-refractivity contribution in [3.63, 3.8) is 0 Å². The third kappa shape index (κ3) is 4.02. The number of rotatable bonds is 4. The second-order valence-corrected chi connectivity index (χ2v) is 7.74. The number of hydrogen-bond donors (Lipinski definition) is 2. The van der Waals surface area contributed by atoms with Crippen LogP contribution < -0.4 is 15.4 Å². The summed E-state index contributed by atoms with van der Waals surface area (Å²) in [5.41, 5.74) is 1.82. The molecule has 3 aromatic carbocycles. The summed E-state index contributed by atoms with van der Waals surface area (Å²) in [5.74, 6) is 1.15. The van der Waals surface area contributed by atoms with E-state index in [1.807, 2.05) is 43.3 Å². The molecule has 1 aliphatic rings. The van der Waals surface area contributed by atoms with E-state index in [0.29, 0.717) is 22.7 Å². The monoisotopic (exact) mass is 390 g/mol. The normalized spacial score (nSPS) is 15.3. The molecule has 5 nitrogen and oxygen atoms in total. The van der Waals surface area contributed by atoms with Crippen LogP contribution in [0.5, 0.6) is 11.5 Å². The average molecular weight is 390 g/mol. The van der Waals surface area contributed by atoms with Crippen LogP contribution in [0, 0.1) is 0 Å². The maximum Gasteiger partial charge on any atom is 0.255 e. The van der Waals surface area contributed by atoms with Gasteiger partial charge in [-0.3, -0.25) is 9.59 Å². The minimum atomic E-state index is -0.239. The second kappa shape index (κ2) is 7.78. The van der Waals surface area contributed by atoms with Gasteiger partial charge in [-0.25, -0.2) is 0 Å². The number of carbonyl (C=O) groups excluding carboxylic acids is 2. The highest BCUT2D eigenvalue weighted by Gasteiger charge is 2.23. The molecule has 2 amide bonds. The van der Waals surface area contributed by atoms with Crippen LogP contribution in [0.15, 0.2) is 77.7 Å². The lowest BCUT2D eigenvalue weighted by Crippen LogP contribution is -2.26. The van der Waals surface area contributed by atoms with E-state index in [9.17, 15) is 9.59 Å². The van der Waals surface area contributed by atoms with Gasteiger partial charge in [0.15, 0.2) is 0 Å². The Hall–Kier alpha value is -3.25. The molecule has 0 fully saturated rings. The van der Waals surface area contributed by atoms with Gasteiger partial charge in [-0.2, -0.15) is 0 Å². The highest BCUT2D eigenvalue weighted by atomic mass is 32.2. The summed E-state index contributed by atoms with van der Waals surface area (Å²) >= 11 is 1.49. The van der Waals surface area contributed by atoms with Crippen LogP contribution in [0.25, 0.3) is 0 Å².